The van der Waals surface area contributed by atoms with Crippen molar-refractivity contribution in [1.29, 1.82) is 0 Å². The van der Waals surface area contributed by atoms with Crippen LogP contribution in [0.15, 0.2) is 157 Å². The Morgan fingerprint density at radius 2 is 0.900 bits per heavy atom. The van der Waals surface area contributed by atoms with Gasteiger partial charge in [0.25, 0.3) is 0 Å². The first kappa shape index (κ1) is 9.77. The largest absolute Gasteiger partial charge is 0.0636 e. The smallest absolute Gasteiger partial charge is 0.0616 e. The Bertz CT molecular complexity index is 3340. The quantitative estimate of drug-likeness (QED) is 0.200. The summed E-state index contributed by atoms with van der Waals surface area (Å²) in [4.78, 5) is 0. The van der Waals surface area contributed by atoms with E-state index in [1.807, 2.05) is 0 Å². The summed E-state index contributed by atoms with van der Waals surface area (Å²) < 4.78 is 193. The number of benzene rings is 8. The third-order valence-electron chi connectivity index (χ3n) is 6.63. The third-order valence-corrected chi connectivity index (χ3v) is 6.63. The fraction of sp³-hybridized carbons (Fsp3) is 0. The molecule has 0 nitrogen and oxygen atoms in total. The summed E-state index contributed by atoms with van der Waals surface area (Å²) >= 11 is 0. The average molecular weight is 529 g/mol. The van der Waals surface area contributed by atoms with Crippen molar-refractivity contribution in [2.75, 3.05) is 0 Å². The number of hydrogen-bond donors (Lipinski definition) is 0. The van der Waals surface area contributed by atoms with Crippen molar-refractivity contribution in [3.63, 3.8) is 0 Å². The van der Waals surface area contributed by atoms with Gasteiger partial charge >= 0.3 is 0 Å². The Morgan fingerprint density at radius 3 is 1.60 bits per heavy atom. The Balaban J connectivity index is 1.65. The molecule has 0 aliphatic rings. The number of rotatable bonds is 3. The summed E-state index contributed by atoms with van der Waals surface area (Å²) in [5.74, 6) is 0. The van der Waals surface area contributed by atoms with Crippen LogP contribution in [0.5, 0.6) is 0 Å². The van der Waals surface area contributed by atoms with Gasteiger partial charge in [0.05, 0.1) is 30.2 Å². The SMILES string of the molecule is [2H]c1c([2H])c([2H])c2c([2H])c(-c3c4c([2H])c([2H])c([2H])c([2H])c4c(-c4cccc(-c5c([2H])c([2H])c([2H])c6c([2H])c([2H])c([2H])c([2H])c56)c4)c4c([2H])c([2H])c([2H])c([2H])c34)c([2H])c([2H])c2c1[2H]. The lowest BCUT2D eigenvalue weighted by molar-refractivity contribution is 1.63. The van der Waals surface area contributed by atoms with Gasteiger partial charge in [-0.1, -0.05) is 145 Å². The van der Waals surface area contributed by atoms with E-state index in [4.69, 9.17) is 21.9 Å². The van der Waals surface area contributed by atoms with Crippen molar-refractivity contribution in [3.05, 3.63) is 157 Å². The van der Waals surface area contributed by atoms with Crippen LogP contribution < -0.4 is 0 Å². The van der Waals surface area contributed by atoms with E-state index in [1.165, 1.54) is 24.3 Å². The summed E-state index contributed by atoms with van der Waals surface area (Å²) in [6.45, 7) is 0. The molecule has 0 heterocycles. The first-order valence-electron chi connectivity index (χ1n) is 23.1. The second-order valence-corrected chi connectivity index (χ2v) is 8.83. The predicted octanol–water partition coefficient (Wildman–Crippen LogP) is 11.3. The van der Waals surface area contributed by atoms with Gasteiger partial charge in [-0.2, -0.15) is 0 Å². The lowest BCUT2D eigenvalue weighted by Gasteiger charge is -2.18. The van der Waals surface area contributed by atoms with Gasteiger partial charge in [0.15, 0.2) is 0 Å². The van der Waals surface area contributed by atoms with Crippen LogP contribution in [0.25, 0.3) is 76.5 Å². The summed E-state index contributed by atoms with van der Waals surface area (Å²) in [6, 6.07) is -10.6. The van der Waals surface area contributed by atoms with Crippen molar-refractivity contribution in [3.8, 4) is 33.4 Å². The summed E-state index contributed by atoms with van der Waals surface area (Å²) in [5.41, 5.74) is -1.55. The van der Waals surface area contributed by atoms with E-state index in [9.17, 15) is 8.22 Å². The summed E-state index contributed by atoms with van der Waals surface area (Å²) in [6.07, 6.45) is 0. The van der Waals surface area contributed by atoms with Crippen LogP contribution in [-0.4, -0.2) is 0 Å². The first-order chi connectivity index (χ1) is 29.0. The fourth-order valence-electron chi connectivity index (χ4n) is 4.93. The van der Waals surface area contributed by atoms with Gasteiger partial charge in [-0.3, -0.25) is 0 Å². The van der Waals surface area contributed by atoms with Crippen molar-refractivity contribution >= 4 is 43.1 Å². The van der Waals surface area contributed by atoms with Crippen LogP contribution in [0, 0.1) is 0 Å². The average Bonchev–Trinajstić information content (AvgIpc) is 3.25. The molecular formula is C40H26. The van der Waals surface area contributed by atoms with Crippen LogP contribution in [-0.2, 0) is 0 Å². The Kier molecular flexibility index (Phi) is 2.25. The molecule has 8 aromatic rings. The van der Waals surface area contributed by atoms with Gasteiger partial charge in [-0.25, -0.2) is 0 Å². The molecule has 0 amide bonds. The zero-order valence-corrected chi connectivity index (χ0v) is 20.3. The van der Waals surface area contributed by atoms with Gasteiger partial charge in [0, 0.05) is 0 Å². The molecule has 8 aromatic carbocycles. The van der Waals surface area contributed by atoms with Crippen LogP contribution in [0.4, 0.5) is 0 Å². The highest BCUT2D eigenvalue weighted by Gasteiger charge is 2.17. The van der Waals surface area contributed by atoms with Crippen LogP contribution in [0.2, 0.25) is 0 Å². The molecule has 0 aliphatic carbocycles. The van der Waals surface area contributed by atoms with Gasteiger partial charge < -0.3 is 0 Å². The lowest BCUT2D eigenvalue weighted by atomic mass is 9.85. The summed E-state index contributed by atoms with van der Waals surface area (Å²) in [5, 5.41) is -3.32. The Labute approximate surface area is 264 Å². The van der Waals surface area contributed by atoms with E-state index in [-0.39, 0.29) is 43.8 Å². The zero-order valence-electron chi connectivity index (χ0n) is 42.3. The Hall–Kier alpha value is -5.20. The van der Waals surface area contributed by atoms with Gasteiger partial charge in [-0.15, -0.1) is 0 Å². The van der Waals surface area contributed by atoms with Crippen molar-refractivity contribution in [2.24, 2.45) is 0 Å². The zero-order chi connectivity index (χ0) is 45.6. The minimum atomic E-state index is -0.840. The molecule has 0 atom stereocenters. The second-order valence-electron chi connectivity index (χ2n) is 8.83. The molecule has 0 bridgehead atoms. The maximum absolute atomic E-state index is 9.39. The van der Waals surface area contributed by atoms with Gasteiger partial charge in [0.2, 0.25) is 0 Å². The first-order valence-corrected chi connectivity index (χ1v) is 12.1. The van der Waals surface area contributed by atoms with Crippen molar-refractivity contribution in [2.45, 2.75) is 0 Å². The second kappa shape index (κ2) is 9.22. The van der Waals surface area contributed by atoms with Gasteiger partial charge in [0.1, 0.15) is 0 Å². The molecule has 8 rings (SSSR count). The van der Waals surface area contributed by atoms with E-state index in [0.29, 0.717) is 0 Å². The maximum Gasteiger partial charge on any atom is 0.0636 e. The normalized spacial score (nSPS) is 19.2. The topological polar surface area (TPSA) is 0 Å². The summed E-state index contributed by atoms with van der Waals surface area (Å²) in [7, 11) is 0. The molecule has 0 saturated carbocycles. The molecule has 0 fully saturated rings. The molecule has 0 aliphatic heterocycles. The van der Waals surface area contributed by atoms with E-state index in [1.54, 1.807) is 0 Å². The van der Waals surface area contributed by atoms with Crippen LogP contribution in [0.3, 0.4) is 0 Å². The minimum Gasteiger partial charge on any atom is -0.0616 e. The highest BCUT2D eigenvalue weighted by Crippen LogP contribution is 2.44. The standard InChI is InChI=1S/C40H26/c1-2-13-29-25-32(24-23-27(29)11-1)40-37-20-7-5-18-35(37)39(36-19-6-8-21-38(36)40)31-16-9-15-30(26-31)34-22-10-14-28-12-3-4-17-33(28)34/h1-26H/i1D,2D,3D,4D,5D,6D,7D,8D,10D,11D,12D,13D,14D,17D,18D,19D,20D,21D,22D,23D,24D,25D. The molecule has 0 heteroatoms. The monoisotopic (exact) mass is 528 g/mol. The van der Waals surface area contributed by atoms with E-state index in [2.05, 4.69) is 0 Å². The molecule has 0 N–H and O–H groups in total. The molecule has 40 heavy (non-hydrogen) atoms. The molecule has 0 aromatic heterocycles. The fourth-order valence-corrected chi connectivity index (χ4v) is 4.93. The number of fused-ring (bicyclic) bond motifs is 4. The lowest BCUT2D eigenvalue weighted by Crippen LogP contribution is -1.91. The highest BCUT2D eigenvalue weighted by atomic mass is 14.2. The molecular weight excluding hydrogens is 480 g/mol. The van der Waals surface area contributed by atoms with Crippen LogP contribution in [0.1, 0.15) is 30.2 Å². The van der Waals surface area contributed by atoms with E-state index in [0.717, 1.165) is 0 Å². The Morgan fingerprint density at radius 1 is 0.375 bits per heavy atom. The number of hydrogen-bond acceptors (Lipinski definition) is 0. The highest BCUT2D eigenvalue weighted by molar-refractivity contribution is 6.22. The molecule has 0 spiro atoms. The molecule has 0 unspecified atom stereocenters. The van der Waals surface area contributed by atoms with E-state index >= 15 is 0 Å². The predicted molar refractivity (Wildman–Crippen MR) is 173 cm³/mol. The minimum absolute atomic E-state index is 0.0139. The van der Waals surface area contributed by atoms with E-state index < -0.39 is 166 Å². The molecule has 186 valence electrons. The maximum atomic E-state index is 9.39. The third kappa shape index (κ3) is 3.61. The molecule has 0 saturated heterocycles. The van der Waals surface area contributed by atoms with Gasteiger partial charge in [-0.05, 0) is 88.6 Å². The van der Waals surface area contributed by atoms with Crippen molar-refractivity contribution in [1.82, 2.24) is 0 Å². The van der Waals surface area contributed by atoms with Crippen molar-refractivity contribution < 1.29 is 30.2 Å². The van der Waals surface area contributed by atoms with Crippen LogP contribution >= 0.6 is 0 Å². The molecule has 0 radical (unpaired) electrons.